The molecule has 0 atom stereocenters. The highest BCUT2D eigenvalue weighted by Crippen LogP contribution is 2.40. The fraction of sp³-hybridized carbons (Fsp3) is 0.167. The van der Waals surface area contributed by atoms with E-state index in [2.05, 4.69) is 47.3 Å². The molecular formula is C30H25ClFN3O. The van der Waals surface area contributed by atoms with E-state index in [1.165, 1.54) is 17.7 Å². The fourth-order valence-corrected chi connectivity index (χ4v) is 5.42. The maximum Gasteiger partial charge on any atom is 0.273 e. The maximum absolute atomic E-state index is 13.9. The molecule has 1 N–H and O–H groups in total. The molecule has 180 valence electrons. The van der Waals surface area contributed by atoms with Crippen molar-refractivity contribution in [3.63, 3.8) is 0 Å². The Morgan fingerprint density at radius 1 is 0.944 bits per heavy atom. The summed E-state index contributed by atoms with van der Waals surface area (Å²) in [5.41, 5.74) is 8.27. The number of amides is 1. The number of hydrogen-bond donors (Lipinski definition) is 1. The Labute approximate surface area is 214 Å². The number of aryl methyl sites for hydroxylation is 3. The Morgan fingerprint density at radius 3 is 2.42 bits per heavy atom. The van der Waals surface area contributed by atoms with Gasteiger partial charge in [-0.15, -0.1) is 0 Å². The van der Waals surface area contributed by atoms with Crippen molar-refractivity contribution in [3.05, 3.63) is 107 Å². The van der Waals surface area contributed by atoms with Crippen molar-refractivity contribution in [3.8, 4) is 22.4 Å². The van der Waals surface area contributed by atoms with Gasteiger partial charge in [0.25, 0.3) is 5.91 Å². The van der Waals surface area contributed by atoms with E-state index in [0.29, 0.717) is 16.4 Å². The summed E-state index contributed by atoms with van der Waals surface area (Å²) in [6, 6.07) is 22.1. The van der Waals surface area contributed by atoms with E-state index in [1.54, 1.807) is 24.3 Å². The van der Waals surface area contributed by atoms with Gasteiger partial charge in [0, 0.05) is 23.9 Å². The minimum Gasteiger partial charge on any atom is -0.325 e. The zero-order valence-electron chi connectivity index (χ0n) is 19.9. The van der Waals surface area contributed by atoms with E-state index in [-0.39, 0.29) is 11.7 Å². The van der Waals surface area contributed by atoms with Crippen molar-refractivity contribution in [2.24, 2.45) is 0 Å². The second-order valence-electron chi connectivity index (χ2n) is 9.33. The van der Waals surface area contributed by atoms with Crippen LogP contribution in [0.15, 0.2) is 79.0 Å². The van der Waals surface area contributed by atoms with Crippen LogP contribution in [0.2, 0.25) is 5.02 Å². The molecule has 1 aliphatic heterocycles. The fourth-order valence-electron chi connectivity index (χ4n) is 5.24. The molecule has 0 aliphatic carbocycles. The number of nitrogens with zero attached hydrogens (tertiary/aromatic N) is 2. The number of carbonyl (C=O) groups is 1. The molecule has 2 aromatic heterocycles. The van der Waals surface area contributed by atoms with Gasteiger partial charge in [0.2, 0.25) is 0 Å². The Kier molecular flexibility index (Phi) is 5.65. The third kappa shape index (κ3) is 3.80. The number of para-hydroxylation sites is 1. The van der Waals surface area contributed by atoms with E-state index >= 15 is 0 Å². The Balaban J connectivity index is 1.62. The van der Waals surface area contributed by atoms with Crippen molar-refractivity contribution >= 4 is 28.8 Å². The number of carbonyl (C=O) groups excluding carboxylic acids is 1. The standard InChI is InChI=1S/C30H25ClFN3O/c1-19-9-11-20(12-10-19)26-18-35-28(29(36)33-25-8-3-2-7-24(25)31)27(21-13-15-22(32)16-14-21)23-6-4-5-17-34(26)30(23)35/h2-3,7-16,18H,4-6,17H2,1H3,(H,33,36). The summed E-state index contributed by atoms with van der Waals surface area (Å²) in [5.74, 6) is -0.557. The van der Waals surface area contributed by atoms with Crippen LogP contribution < -0.4 is 5.32 Å². The molecule has 1 amide bonds. The molecule has 0 radical (unpaired) electrons. The Morgan fingerprint density at radius 2 is 1.67 bits per heavy atom. The van der Waals surface area contributed by atoms with Gasteiger partial charge in [-0.25, -0.2) is 4.39 Å². The summed E-state index contributed by atoms with van der Waals surface area (Å²) in [7, 11) is 0. The first kappa shape index (κ1) is 22.6. The van der Waals surface area contributed by atoms with E-state index < -0.39 is 0 Å². The predicted molar refractivity (Wildman–Crippen MR) is 143 cm³/mol. The maximum atomic E-state index is 13.9. The third-order valence-corrected chi connectivity index (χ3v) is 7.28. The van der Waals surface area contributed by atoms with Gasteiger partial charge in [0.05, 0.1) is 16.4 Å². The van der Waals surface area contributed by atoms with E-state index in [0.717, 1.165) is 59.4 Å². The number of halogens is 2. The summed E-state index contributed by atoms with van der Waals surface area (Å²) in [5, 5.41) is 3.49. The zero-order chi connectivity index (χ0) is 24.8. The second kappa shape index (κ2) is 8.99. The van der Waals surface area contributed by atoms with E-state index in [9.17, 15) is 9.18 Å². The van der Waals surface area contributed by atoms with Gasteiger partial charge < -0.3 is 9.88 Å². The number of hydrogen-bond acceptors (Lipinski definition) is 1. The lowest BCUT2D eigenvalue weighted by Crippen LogP contribution is -2.15. The number of rotatable bonds is 4. The molecule has 3 heterocycles. The summed E-state index contributed by atoms with van der Waals surface area (Å²) in [4.78, 5) is 13.9. The highest BCUT2D eigenvalue weighted by Gasteiger charge is 2.29. The normalized spacial score (nSPS) is 13.1. The van der Waals surface area contributed by atoms with Crippen LogP contribution in [0.25, 0.3) is 28.0 Å². The minimum absolute atomic E-state index is 0.253. The van der Waals surface area contributed by atoms with Crippen molar-refractivity contribution in [2.75, 3.05) is 5.32 Å². The highest BCUT2D eigenvalue weighted by atomic mass is 35.5. The van der Waals surface area contributed by atoms with Crippen LogP contribution in [0.3, 0.4) is 0 Å². The van der Waals surface area contributed by atoms with Gasteiger partial charge in [-0.2, -0.15) is 0 Å². The van der Waals surface area contributed by atoms with Gasteiger partial charge in [0.1, 0.15) is 17.2 Å². The lowest BCUT2D eigenvalue weighted by atomic mass is 9.97. The molecule has 36 heavy (non-hydrogen) atoms. The Hall–Kier alpha value is -3.83. The summed E-state index contributed by atoms with van der Waals surface area (Å²) in [6.45, 7) is 2.94. The molecule has 0 spiro atoms. The van der Waals surface area contributed by atoms with Crippen molar-refractivity contribution in [1.82, 2.24) is 8.97 Å². The van der Waals surface area contributed by atoms with Crippen molar-refractivity contribution in [2.45, 2.75) is 32.7 Å². The average Bonchev–Trinajstić information content (AvgIpc) is 3.29. The highest BCUT2D eigenvalue weighted by molar-refractivity contribution is 6.34. The molecular weight excluding hydrogens is 473 g/mol. The zero-order valence-corrected chi connectivity index (χ0v) is 20.6. The van der Waals surface area contributed by atoms with E-state index in [4.69, 9.17) is 11.6 Å². The summed E-state index contributed by atoms with van der Waals surface area (Å²) in [6.07, 6.45) is 4.95. The molecule has 0 bridgehead atoms. The van der Waals surface area contributed by atoms with Gasteiger partial charge in [-0.1, -0.05) is 65.7 Å². The Bertz CT molecular complexity index is 1600. The largest absolute Gasteiger partial charge is 0.325 e. The number of anilines is 1. The molecule has 6 heteroatoms. The number of nitrogens with one attached hydrogen (secondary N) is 1. The van der Waals surface area contributed by atoms with Crippen LogP contribution in [0, 0.1) is 12.7 Å². The van der Waals surface area contributed by atoms with Crippen LogP contribution >= 0.6 is 11.6 Å². The van der Waals surface area contributed by atoms with E-state index in [1.807, 2.05) is 16.5 Å². The first-order chi connectivity index (χ1) is 17.5. The van der Waals surface area contributed by atoms with Crippen LogP contribution in [0.4, 0.5) is 10.1 Å². The third-order valence-electron chi connectivity index (χ3n) is 6.95. The van der Waals surface area contributed by atoms with Crippen LogP contribution in [-0.4, -0.2) is 14.9 Å². The first-order valence-electron chi connectivity index (χ1n) is 12.2. The summed E-state index contributed by atoms with van der Waals surface area (Å²) < 4.78 is 18.2. The molecule has 0 saturated heterocycles. The number of imidazole rings is 1. The topological polar surface area (TPSA) is 38.4 Å². The molecule has 6 rings (SSSR count). The lowest BCUT2D eigenvalue weighted by molar-refractivity contribution is 0.102. The van der Waals surface area contributed by atoms with Gasteiger partial charge in [-0.05, 0) is 61.6 Å². The smallest absolute Gasteiger partial charge is 0.273 e. The van der Waals surface area contributed by atoms with Crippen molar-refractivity contribution in [1.29, 1.82) is 0 Å². The SMILES string of the molecule is Cc1ccc(-c2cn3c(C(=O)Nc4ccccc4Cl)c(-c4ccc(F)cc4)c4c3n2CCCC4)cc1. The van der Waals surface area contributed by atoms with Gasteiger partial charge >= 0.3 is 0 Å². The first-order valence-corrected chi connectivity index (χ1v) is 12.5. The summed E-state index contributed by atoms with van der Waals surface area (Å²) >= 11 is 6.37. The van der Waals surface area contributed by atoms with Crippen LogP contribution in [0.5, 0.6) is 0 Å². The molecule has 3 aromatic carbocycles. The predicted octanol–water partition coefficient (Wildman–Crippen LogP) is 7.76. The minimum atomic E-state index is -0.304. The lowest BCUT2D eigenvalue weighted by Gasteiger charge is -2.11. The molecule has 1 aliphatic rings. The molecule has 0 fully saturated rings. The van der Waals surface area contributed by atoms with Crippen molar-refractivity contribution < 1.29 is 9.18 Å². The second-order valence-corrected chi connectivity index (χ2v) is 9.73. The quantitative estimate of drug-likeness (QED) is 0.270. The molecule has 4 nitrogen and oxygen atoms in total. The average molecular weight is 498 g/mol. The van der Waals surface area contributed by atoms with Crippen LogP contribution in [0.1, 0.15) is 34.5 Å². The monoisotopic (exact) mass is 497 g/mol. The number of aromatic nitrogens is 2. The molecule has 5 aromatic rings. The van der Waals surface area contributed by atoms with Crippen LogP contribution in [-0.2, 0) is 13.0 Å². The molecule has 0 unspecified atom stereocenters. The van der Waals surface area contributed by atoms with Gasteiger partial charge in [0.15, 0.2) is 0 Å². The number of benzene rings is 3. The molecule has 0 saturated carbocycles. The van der Waals surface area contributed by atoms with Gasteiger partial charge in [-0.3, -0.25) is 9.20 Å².